The number of hydrogen-bond donors (Lipinski definition) is 2. The molecule has 94 valence electrons. The first-order valence-electron chi connectivity index (χ1n) is 7.18. The van der Waals surface area contributed by atoms with Crippen LogP contribution < -0.4 is 5.32 Å². The number of aliphatic hydroxyl groups is 1. The van der Waals surface area contributed by atoms with Crippen molar-refractivity contribution in [3.05, 3.63) is 0 Å². The minimum Gasteiger partial charge on any atom is -0.393 e. The SMILES string of the molecule is CC1CCCC(NC2CCCC(O)C2)CC1. The Morgan fingerprint density at radius 3 is 2.44 bits per heavy atom. The Morgan fingerprint density at radius 1 is 0.875 bits per heavy atom. The molecule has 2 rings (SSSR count). The topological polar surface area (TPSA) is 32.3 Å². The van der Waals surface area contributed by atoms with Crippen molar-refractivity contribution in [2.45, 2.75) is 82.9 Å². The average molecular weight is 225 g/mol. The first kappa shape index (κ1) is 12.4. The van der Waals surface area contributed by atoms with Crippen molar-refractivity contribution in [3.63, 3.8) is 0 Å². The minimum absolute atomic E-state index is 0.0454. The number of hydrogen-bond acceptors (Lipinski definition) is 2. The van der Waals surface area contributed by atoms with Crippen molar-refractivity contribution in [2.24, 2.45) is 5.92 Å². The summed E-state index contributed by atoms with van der Waals surface area (Å²) in [6.45, 7) is 2.38. The molecule has 2 aliphatic rings. The molecule has 2 heteroatoms. The third kappa shape index (κ3) is 3.74. The molecule has 0 aromatic carbocycles. The lowest BCUT2D eigenvalue weighted by atomic mass is 9.92. The molecule has 0 aromatic rings. The normalized spacial score (nSPS) is 41.6. The standard InChI is InChI=1S/C14H27NO/c1-11-4-2-5-12(9-8-11)15-13-6-3-7-14(16)10-13/h11-16H,2-10H2,1H3. The van der Waals surface area contributed by atoms with Gasteiger partial charge >= 0.3 is 0 Å². The molecule has 2 aliphatic carbocycles. The van der Waals surface area contributed by atoms with Crippen molar-refractivity contribution < 1.29 is 5.11 Å². The number of rotatable bonds is 2. The fraction of sp³-hybridized carbons (Fsp3) is 1.00. The molecule has 0 amide bonds. The van der Waals surface area contributed by atoms with E-state index in [4.69, 9.17) is 0 Å². The summed E-state index contributed by atoms with van der Waals surface area (Å²) in [6, 6.07) is 1.31. The summed E-state index contributed by atoms with van der Waals surface area (Å²) in [5, 5.41) is 13.5. The lowest BCUT2D eigenvalue weighted by molar-refractivity contribution is 0.107. The van der Waals surface area contributed by atoms with Crippen LogP contribution in [0.25, 0.3) is 0 Å². The third-order valence-corrected chi connectivity index (χ3v) is 4.38. The van der Waals surface area contributed by atoms with Gasteiger partial charge in [-0.25, -0.2) is 0 Å². The van der Waals surface area contributed by atoms with Gasteiger partial charge in [0.05, 0.1) is 6.10 Å². The third-order valence-electron chi connectivity index (χ3n) is 4.38. The highest BCUT2D eigenvalue weighted by Crippen LogP contribution is 2.25. The van der Waals surface area contributed by atoms with Gasteiger partial charge in [0.15, 0.2) is 0 Å². The molecular formula is C14H27NO. The molecule has 0 saturated heterocycles. The van der Waals surface area contributed by atoms with E-state index in [-0.39, 0.29) is 6.10 Å². The number of aliphatic hydroxyl groups excluding tert-OH is 1. The van der Waals surface area contributed by atoms with E-state index in [9.17, 15) is 5.11 Å². The van der Waals surface area contributed by atoms with Crippen LogP contribution in [-0.2, 0) is 0 Å². The number of nitrogens with one attached hydrogen (secondary N) is 1. The van der Waals surface area contributed by atoms with E-state index >= 15 is 0 Å². The lowest BCUT2D eigenvalue weighted by Gasteiger charge is -2.30. The monoisotopic (exact) mass is 225 g/mol. The first-order valence-corrected chi connectivity index (χ1v) is 7.18. The molecule has 0 heterocycles. The molecule has 4 atom stereocenters. The van der Waals surface area contributed by atoms with Gasteiger partial charge in [-0.15, -0.1) is 0 Å². The van der Waals surface area contributed by atoms with Crippen LogP contribution >= 0.6 is 0 Å². The van der Waals surface area contributed by atoms with E-state index in [0.29, 0.717) is 6.04 Å². The zero-order valence-corrected chi connectivity index (χ0v) is 10.6. The van der Waals surface area contributed by atoms with Gasteiger partial charge in [0.1, 0.15) is 0 Å². The second-order valence-corrected chi connectivity index (χ2v) is 5.99. The maximum absolute atomic E-state index is 9.67. The van der Waals surface area contributed by atoms with Gasteiger partial charge in [0.2, 0.25) is 0 Å². The van der Waals surface area contributed by atoms with Crippen molar-refractivity contribution in [2.75, 3.05) is 0 Å². The molecule has 2 N–H and O–H groups in total. The predicted molar refractivity (Wildman–Crippen MR) is 67.4 cm³/mol. The molecule has 0 spiro atoms. The molecule has 2 fully saturated rings. The Kier molecular flexibility index (Phi) is 4.66. The van der Waals surface area contributed by atoms with Crippen molar-refractivity contribution >= 4 is 0 Å². The highest BCUT2D eigenvalue weighted by molar-refractivity contribution is 4.82. The summed E-state index contributed by atoms with van der Waals surface area (Å²) in [7, 11) is 0. The zero-order chi connectivity index (χ0) is 11.4. The molecular weight excluding hydrogens is 198 g/mol. The minimum atomic E-state index is -0.0454. The quantitative estimate of drug-likeness (QED) is 0.708. The largest absolute Gasteiger partial charge is 0.393 e. The summed E-state index contributed by atoms with van der Waals surface area (Å²) in [6.07, 6.45) is 11.3. The average Bonchev–Trinajstić information content (AvgIpc) is 2.44. The fourth-order valence-corrected chi connectivity index (χ4v) is 3.30. The van der Waals surface area contributed by atoms with Crippen LogP contribution in [0, 0.1) is 5.92 Å². The van der Waals surface area contributed by atoms with E-state index in [1.54, 1.807) is 0 Å². The first-order chi connectivity index (χ1) is 7.74. The Morgan fingerprint density at radius 2 is 1.62 bits per heavy atom. The molecule has 2 saturated carbocycles. The Bertz CT molecular complexity index is 207. The summed E-state index contributed by atoms with van der Waals surface area (Å²) in [5.41, 5.74) is 0. The van der Waals surface area contributed by atoms with Gasteiger partial charge in [-0.2, -0.15) is 0 Å². The van der Waals surface area contributed by atoms with Gasteiger partial charge in [-0.1, -0.05) is 19.8 Å². The molecule has 0 aliphatic heterocycles. The van der Waals surface area contributed by atoms with E-state index in [1.165, 1.54) is 44.9 Å². The van der Waals surface area contributed by atoms with Crippen LogP contribution in [0.15, 0.2) is 0 Å². The van der Waals surface area contributed by atoms with Crippen molar-refractivity contribution in [1.82, 2.24) is 5.32 Å². The van der Waals surface area contributed by atoms with Crippen LogP contribution in [0.2, 0.25) is 0 Å². The maximum atomic E-state index is 9.67. The molecule has 0 bridgehead atoms. The van der Waals surface area contributed by atoms with Crippen LogP contribution in [-0.4, -0.2) is 23.3 Å². The van der Waals surface area contributed by atoms with Gasteiger partial charge in [-0.05, 0) is 50.9 Å². The second-order valence-electron chi connectivity index (χ2n) is 5.99. The Hall–Kier alpha value is -0.0800. The highest BCUT2D eigenvalue weighted by atomic mass is 16.3. The van der Waals surface area contributed by atoms with E-state index in [0.717, 1.165) is 24.8 Å². The Balaban J connectivity index is 1.75. The van der Waals surface area contributed by atoms with Gasteiger partial charge in [0.25, 0.3) is 0 Å². The van der Waals surface area contributed by atoms with Gasteiger partial charge in [0, 0.05) is 12.1 Å². The van der Waals surface area contributed by atoms with Crippen molar-refractivity contribution in [1.29, 1.82) is 0 Å². The van der Waals surface area contributed by atoms with Gasteiger partial charge < -0.3 is 10.4 Å². The van der Waals surface area contributed by atoms with E-state index in [2.05, 4.69) is 12.2 Å². The van der Waals surface area contributed by atoms with Crippen LogP contribution in [0.5, 0.6) is 0 Å². The predicted octanol–water partition coefficient (Wildman–Crippen LogP) is 2.85. The summed E-state index contributed by atoms with van der Waals surface area (Å²) >= 11 is 0. The summed E-state index contributed by atoms with van der Waals surface area (Å²) in [4.78, 5) is 0. The van der Waals surface area contributed by atoms with Crippen LogP contribution in [0.1, 0.15) is 64.7 Å². The van der Waals surface area contributed by atoms with Crippen LogP contribution in [0.4, 0.5) is 0 Å². The molecule has 16 heavy (non-hydrogen) atoms. The fourth-order valence-electron chi connectivity index (χ4n) is 3.30. The van der Waals surface area contributed by atoms with E-state index < -0.39 is 0 Å². The Labute approximate surface area is 99.8 Å². The molecule has 2 nitrogen and oxygen atoms in total. The van der Waals surface area contributed by atoms with Crippen molar-refractivity contribution in [3.8, 4) is 0 Å². The van der Waals surface area contributed by atoms with Crippen LogP contribution in [0.3, 0.4) is 0 Å². The lowest BCUT2D eigenvalue weighted by Crippen LogP contribution is -2.42. The second kappa shape index (κ2) is 6.02. The molecule has 0 aromatic heterocycles. The van der Waals surface area contributed by atoms with E-state index in [1.807, 2.05) is 0 Å². The summed E-state index contributed by atoms with van der Waals surface area (Å²) < 4.78 is 0. The molecule has 4 unspecified atom stereocenters. The van der Waals surface area contributed by atoms with Gasteiger partial charge in [-0.3, -0.25) is 0 Å². The summed E-state index contributed by atoms with van der Waals surface area (Å²) in [5.74, 6) is 0.920. The highest BCUT2D eigenvalue weighted by Gasteiger charge is 2.23. The maximum Gasteiger partial charge on any atom is 0.0555 e. The zero-order valence-electron chi connectivity index (χ0n) is 10.6. The smallest absolute Gasteiger partial charge is 0.0555 e. The molecule has 0 radical (unpaired) electrons.